The minimum Gasteiger partial charge on any atom is -0.480 e. The first-order chi connectivity index (χ1) is 12.5. The summed E-state index contributed by atoms with van der Waals surface area (Å²) in [6.45, 7) is 2.19. The smallest absolute Gasteiger partial charge is 0.326 e. The molecule has 1 aliphatic rings. The molecule has 0 aliphatic carbocycles. The highest BCUT2D eigenvalue weighted by atomic mass is 32.1. The number of aliphatic carboxylic acids is 1. The average Bonchev–Trinajstić information content (AvgIpc) is 3.26. The molecule has 132 valence electrons. The first kappa shape index (κ1) is 16.5. The second kappa shape index (κ2) is 6.42. The molecule has 3 aromatic rings. The number of rotatable bonds is 3. The van der Waals surface area contributed by atoms with E-state index in [0.29, 0.717) is 10.6 Å². The van der Waals surface area contributed by atoms with Crippen molar-refractivity contribution < 1.29 is 14.7 Å². The lowest BCUT2D eigenvalue weighted by Crippen LogP contribution is -2.48. The van der Waals surface area contributed by atoms with Gasteiger partial charge >= 0.3 is 5.97 Å². The van der Waals surface area contributed by atoms with Gasteiger partial charge in [0, 0.05) is 11.3 Å². The van der Waals surface area contributed by atoms with Gasteiger partial charge in [-0.2, -0.15) is 0 Å². The van der Waals surface area contributed by atoms with E-state index >= 15 is 0 Å². The van der Waals surface area contributed by atoms with Crippen LogP contribution in [0.4, 0.5) is 0 Å². The number of carboxylic acid groups (broad SMARTS) is 1. The van der Waals surface area contributed by atoms with Crippen LogP contribution in [0.2, 0.25) is 0 Å². The minimum atomic E-state index is -1.01. The molecule has 0 radical (unpaired) electrons. The fourth-order valence-electron chi connectivity index (χ4n) is 3.28. The zero-order valence-corrected chi connectivity index (χ0v) is 14.9. The zero-order chi connectivity index (χ0) is 18.3. The Morgan fingerprint density at radius 3 is 2.81 bits per heavy atom. The van der Waals surface area contributed by atoms with Crippen LogP contribution in [0.15, 0.2) is 42.7 Å². The second-order valence-corrected chi connectivity index (χ2v) is 7.36. The average molecular weight is 367 g/mol. The lowest BCUT2D eigenvalue weighted by atomic mass is 10.0. The quantitative estimate of drug-likeness (QED) is 0.745. The number of H-pyrrole nitrogens is 1. The number of aromatic amines is 1. The molecule has 3 heterocycles. The minimum absolute atomic E-state index is 0.218. The van der Waals surface area contributed by atoms with Crippen LogP contribution in [-0.2, 0) is 17.8 Å². The van der Waals surface area contributed by atoms with Crippen molar-refractivity contribution in [1.82, 2.24) is 14.9 Å². The summed E-state index contributed by atoms with van der Waals surface area (Å²) in [5.74, 6) is -1.27. The van der Waals surface area contributed by atoms with Gasteiger partial charge < -0.3 is 15.0 Å². The number of carbonyl (C=O) groups is 2. The maximum atomic E-state index is 13.1. The molecule has 2 aromatic heterocycles. The van der Waals surface area contributed by atoms with Gasteiger partial charge in [-0.15, -0.1) is 11.3 Å². The van der Waals surface area contributed by atoms with E-state index in [4.69, 9.17) is 0 Å². The topological polar surface area (TPSA) is 86.3 Å². The number of nitrogens with one attached hydrogen (secondary N) is 1. The SMILES string of the molecule is Cc1cc(C(=O)N2Cc3[nH]cnc3C[C@H]2C(=O)O)sc1-c1ccccc1. The number of nitrogens with zero attached hydrogens (tertiary/aromatic N) is 2. The Kier molecular flexibility index (Phi) is 4.08. The van der Waals surface area contributed by atoms with Crippen molar-refractivity contribution in [3.05, 3.63) is 64.6 Å². The predicted molar refractivity (Wildman–Crippen MR) is 98.1 cm³/mol. The van der Waals surface area contributed by atoms with Crippen molar-refractivity contribution in [3.63, 3.8) is 0 Å². The van der Waals surface area contributed by atoms with Crippen LogP contribution < -0.4 is 0 Å². The lowest BCUT2D eigenvalue weighted by molar-refractivity contribution is -0.142. The monoisotopic (exact) mass is 367 g/mol. The van der Waals surface area contributed by atoms with Crippen LogP contribution in [0.3, 0.4) is 0 Å². The number of fused-ring (bicyclic) bond motifs is 1. The molecule has 6 nitrogen and oxygen atoms in total. The number of benzene rings is 1. The maximum absolute atomic E-state index is 13.1. The van der Waals surface area contributed by atoms with Crippen LogP contribution in [0.5, 0.6) is 0 Å². The van der Waals surface area contributed by atoms with E-state index in [1.54, 1.807) is 6.33 Å². The van der Waals surface area contributed by atoms with E-state index in [-0.39, 0.29) is 18.9 Å². The summed E-state index contributed by atoms with van der Waals surface area (Å²) in [5.41, 5.74) is 3.58. The third-order valence-electron chi connectivity index (χ3n) is 4.61. The third kappa shape index (κ3) is 2.80. The third-order valence-corrected chi connectivity index (χ3v) is 5.88. The normalized spacial score (nSPS) is 16.3. The molecule has 0 unspecified atom stereocenters. The molecule has 1 atom stereocenters. The van der Waals surface area contributed by atoms with Gasteiger partial charge in [0.1, 0.15) is 6.04 Å². The van der Waals surface area contributed by atoms with Crippen LogP contribution in [0.25, 0.3) is 10.4 Å². The fraction of sp³-hybridized carbons (Fsp3) is 0.211. The van der Waals surface area contributed by atoms with Crippen molar-refractivity contribution in [2.45, 2.75) is 25.9 Å². The highest BCUT2D eigenvalue weighted by molar-refractivity contribution is 7.17. The van der Waals surface area contributed by atoms with Gasteiger partial charge in [-0.25, -0.2) is 9.78 Å². The number of carboxylic acids is 1. The van der Waals surface area contributed by atoms with E-state index in [2.05, 4.69) is 9.97 Å². The highest BCUT2D eigenvalue weighted by Crippen LogP contribution is 2.34. The van der Waals surface area contributed by atoms with Gasteiger partial charge in [-0.3, -0.25) is 4.79 Å². The van der Waals surface area contributed by atoms with Crippen molar-refractivity contribution in [2.75, 3.05) is 0 Å². The molecule has 1 amide bonds. The van der Waals surface area contributed by atoms with E-state index in [1.807, 2.05) is 43.3 Å². The molecule has 0 saturated carbocycles. The summed E-state index contributed by atoms with van der Waals surface area (Å²) in [6.07, 6.45) is 1.76. The van der Waals surface area contributed by atoms with E-state index in [1.165, 1.54) is 16.2 Å². The molecule has 4 rings (SSSR count). The van der Waals surface area contributed by atoms with Crippen molar-refractivity contribution in [3.8, 4) is 10.4 Å². The van der Waals surface area contributed by atoms with Crippen LogP contribution >= 0.6 is 11.3 Å². The molecule has 1 aromatic carbocycles. The molecule has 0 fully saturated rings. The number of carbonyl (C=O) groups excluding carboxylic acids is 1. The second-order valence-electron chi connectivity index (χ2n) is 6.31. The largest absolute Gasteiger partial charge is 0.480 e. The number of aryl methyl sites for hydroxylation is 1. The summed E-state index contributed by atoms with van der Waals surface area (Å²) >= 11 is 1.40. The van der Waals surface area contributed by atoms with Crippen LogP contribution in [-0.4, -0.2) is 37.9 Å². The Bertz CT molecular complexity index is 977. The summed E-state index contributed by atoms with van der Waals surface area (Å²) in [6, 6.07) is 10.8. The number of hydrogen-bond donors (Lipinski definition) is 2. The molecule has 1 aliphatic heterocycles. The number of amides is 1. The summed E-state index contributed by atoms with van der Waals surface area (Å²) in [4.78, 5) is 34.9. The van der Waals surface area contributed by atoms with E-state index in [9.17, 15) is 14.7 Å². The molecule has 7 heteroatoms. The molecule has 0 spiro atoms. The van der Waals surface area contributed by atoms with Crippen LogP contribution in [0, 0.1) is 6.92 Å². The number of thiophene rings is 1. The highest BCUT2D eigenvalue weighted by Gasteiger charge is 2.37. The van der Waals surface area contributed by atoms with Gasteiger partial charge in [0.15, 0.2) is 0 Å². The molecule has 0 bridgehead atoms. The molecule has 2 N–H and O–H groups in total. The van der Waals surface area contributed by atoms with Gasteiger partial charge in [-0.1, -0.05) is 30.3 Å². The fourth-order valence-corrected chi connectivity index (χ4v) is 4.41. The van der Waals surface area contributed by atoms with E-state index in [0.717, 1.165) is 21.7 Å². The Labute approximate surface area is 154 Å². The van der Waals surface area contributed by atoms with Gasteiger partial charge in [0.05, 0.1) is 29.1 Å². The molecule has 0 saturated heterocycles. The van der Waals surface area contributed by atoms with Crippen molar-refractivity contribution in [2.24, 2.45) is 0 Å². The first-order valence-corrected chi connectivity index (χ1v) is 9.07. The summed E-state index contributed by atoms with van der Waals surface area (Å²) in [7, 11) is 0. The summed E-state index contributed by atoms with van der Waals surface area (Å²) in [5, 5.41) is 9.58. The van der Waals surface area contributed by atoms with Crippen LogP contribution in [0.1, 0.15) is 26.6 Å². The maximum Gasteiger partial charge on any atom is 0.326 e. The number of imidazole rings is 1. The standard InChI is InChI=1S/C19H17N3O3S/c1-11-7-16(26-17(11)12-5-3-2-4-6-12)18(23)22-9-14-13(20-10-21-14)8-15(22)19(24)25/h2-7,10,15H,8-9H2,1H3,(H,20,21)(H,24,25)/t15-/m0/s1. The van der Waals surface area contributed by atoms with Gasteiger partial charge in [0.2, 0.25) is 0 Å². The Balaban J connectivity index is 1.68. The van der Waals surface area contributed by atoms with Gasteiger partial charge in [0.25, 0.3) is 5.91 Å². The summed E-state index contributed by atoms with van der Waals surface area (Å²) < 4.78 is 0. The molecular formula is C19H17N3O3S. The zero-order valence-electron chi connectivity index (χ0n) is 14.1. The molecular weight excluding hydrogens is 350 g/mol. The van der Waals surface area contributed by atoms with Gasteiger partial charge in [-0.05, 0) is 24.1 Å². The Morgan fingerprint density at radius 1 is 1.31 bits per heavy atom. The first-order valence-electron chi connectivity index (χ1n) is 8.25. The Hall–Kier alpha value is -2.93. The number of hydrogen-bond acceptors (Lipinski definition) is 4. The predicted octanol–water partition coefficient (Wildman–Crippen LogP) is 3.10. The van der Waals surface area contributed by atoms with Crippen molar-refractivity contribution in [1.29, 1.82) is 0 Å². The lowest BCUT2D eigenvalue weighted by Gasteiger charge is -2.32. The molecule has 26 heavy (non-hydrogen) atoms. The number of aromatic nitrogens is 2. The Morgan fingerprint density at radius 2 is 2.08 bits per heavy atom. The van der Waals surface area contributed by atoms with Crippen molar-refractivity contribution >= 4 is 23.2 Å². The van der Waals surface area contributed by atoms with E-state index < -0.39 is 12.0 Å².